The second-order valence-corrected chi connectivity index (χ2v) is 5.57. The van der Waals surface area contributed by atoms with Gasteiger partial charge in [0.05, 0.1) is 0 Å². The zero-order valence-electron chi connectivity index (χ0n) is 12.2. The maximum absolute atomic E-state index is 9.71. The molecule has 86 valence electrons. The van der Waals surface area contributed by atoms with Crippen molar-refractivity contribution in [1.29, 1.82) is 0 Å². The van der Waals surface area contributed by atoms with E-state index in [2.05, 4.69) is 27.7 Å². The van der Waals surface area contributed by atoms with Gasteiger partial charge in [-0.15, -0.1) is 0 Å². The van der Waals surface area contributed by atoms with Crippen molar-refractivity contribution in [2.24, 2.45) is 11.3 Å². The molecule has 0 spiro atoms. The molecule has 0 saturated carbocycles. The summed E-state index contributed by atoms with van der Waals surface area (Å²) in [5.41, 5.74) is 1.32. The van der Waals surface area contributed by atoms with Crippen LogP contribution in [0.5, 0.6) is 5.75 Å². The molecule has 0 heterocycles. The third-order valence-corrected chi connectivity index (χ3v) is 2.62. The van der Waals surface area contributed by atoms with Crippen LogP contribution in [0.4, 0.5) is 0 Å². The zero-order chi connectivity index (χ0) is 11.5. The van der Waals surface area contributed by atoms with E-state index in [4.69, 9.17) is 0 Å². The number of rotatable bonds is 4. The summed E-state index contributed by atoms with van der Waals surface area (Å²) in [6, 6.07) is 7.63. The van der Waals surface area contributed by atoms with Crippen molar-refractivity contribution >= 4 is 0 Å². The average molecular weight is 230 g/mol. The molecule has 1 aromatic rings. The Morgan fingerprint density at radius 3 is 2.31 bits per heavy atom. The fourth-order valence-corrected chi connectivity index (χ4v) is 2.35. The number of hydrogen-bond acceptors (Lipinski definition) is 1. The van der Waals surface area contributed by atoms with E-state index in [1.54, 1.807) is 6.07 Å². The van der Waals surface area contributed by atoms with Crippen LogP contribution in [0.2, 0.25) is 0 Å². The van der Waals surface area contributed by atoms with E-state index in [-0.39, 0.29) is 36.4 Å². The predicted molar refractivity (Wildman–Crippen MR) is 66.2 cm³/mol. The Hall–Kier alpha value is 0.0200. The van der Waals surface area contributed by atoms with E-state index in [1.165, 1.54) is 6.42 Å². The summed E-state index contributed by atoms with van der Waals surface area (Å²) in [6.45, 7) is 9.01. The average Bonchev–Trinajstić information content (AvgIpc) is 2.06. The molecule has 0 fully saturated rings. The van der Waals surface area contributed by atoms with E-state index in [1.807, 2.05) is 18.2 Å². The normalized spacial score (nSPS) is 11.3. The number of para-hydroxylation sites is 1. The van der Waals surface area contributed by atoms with Crippen LogP contribution < -0.4 is 29.6 Å². The van der Waals surface area contributed by atoms with Gasteiger partial charge in [-0.3, -0.25) is 0 Å². The van der Waals surface area contributed by atoms with Crippen molar-refractivity contribution in [3.63, 3.8) is 0 Å². The van der Waals surface area contributed by atoms with Crippen LogP contribution in [0.25, 0.3) is 0 Å². The molecule has 0 atom stereocenters. The van der Waals surface area contributed by atoms with Gasteiger partial charge in [0, 0.05) is 0 Å². The first kappa shape index (κ1) is 16.0. The van der Waals surface area contributed by atoms with Crippen LogP contribution in [0.3, 0.4) is 0 Å². The quantitative estimate of drug-likeness (QED) is 0.769. The van der Waals surface area contributed by atoms with Gasteiger partial charge in [0.1, 0.15) is 5.75 Å². The molecule has 0 amide bonds. The molecule has 0 aliphatic heterocycles. The largest absolute Gasteiger partial charge is 1.00 e. The molecule has 2 heteroatoms. The first-order valence-electron chi connectivity index (χ1n) is 5.67. The fraction of sp³-hybridized carbons (Fsp3) is 0.571. The molecule has 1 rings (SSSR count). The van der Waals surface area contributed by atoms with Crippen LogP contribution in [0.1, 0.15) is 41.1 Å². The smallest absolute Gasteiger partial charge is 1.00 e. The zero-order valence-corrected chi connectivity index (χ0v) is 13.2. The van der Waals surface area contributed by atoms with Gasteiger partial charge >= 0.3 is 29.6 Å². The molecule has 0 aliphatic carbocycles. The molecule has 1 aromatic carbocycles. The number of phenols is 1. The van der Waals surface area contributed by atoms with E-state index in [0.717, 1.165) is 12.0 Å². The molecule has 1 nitrogen and oxygen atoms in total. The van der Waals surface area contributed by atoms with Gasteiger partial charge in [-0.05, 0) is 35.8 Å². The Morgan fingerprint density at radius 1 is 1.25 bits per heavy atom. The van der Waals surface area contributed by atoms with Crippen LogP contribution >= 0.6 is 0 Å². The van der Waals surface area contributed by atoms with E-state index in [9.17, 15) is 5.11 Å². The molecular formula is C14H23NaO. The van der Waals surface area contributed by atoms with Gasteiger partial charge in [-0.25, -0.2) is 0 Å². The van der Waals surface area contributed by atoms with Crippen LogP contribution in [-0.4, -0.2) is 5.11 Å². The number of benzene rings is 1. The Kier molecular flexibility index (Phi) is 6.69. The van der Waals surface area contributed by atoms with Crippen molar-refractivity contribution in [3.05, 3.63) is 29.8 Å². The first-order chi connectivity index (χ1) is 6.91. The van der Waals surface area contributed by atoms with E-state index >= 15 is 0 Å². The Morgan fingerprint density at radius 2 is 1.81 bits per heavy atom. The maximum atomic E-state index is 9.71. The summed E-state index contributed by atoms with van der Waals surface area (Å²) in [4.78, 5) is 0. The number of aromatic hydroxyl groups is 1. The van der Waals surface area contributed by atoms with Crippen molar-refractivity contribution in [2.75, 3.05) is 0 Å². The van der Waals surface area contributed by atoms with E-state index < -0.39 is 0 Å². The topological polar surface area (TPSA) is 20.2 Å². The molecule has 0 saturated heterocycles. The molecule has 0 radical (unpaired) electrons. The number of phenolic OH excluding ortho intramolecular Hbond substituents is 1. The van der Waals surface area contributed by atoms with Crippen molar-refractivity contribution in [3.8, 4) is 5.75 Å². The predicted octanol–water partition coefficient (Wildman–Crippen LogP) is 1.12. The van der Waals surface area contributed by atoms with Gasteiger partial charge in [0.25, 0.3) is 0 Å². The monoisotopic (exact) mass is 230 g/mol. The molecule has 0 bridgehead atoms. The van der Waals surface area contributed by atoms with Gasteiger partial charge in [0.15, 0.2) is 0 Å². The second kappa shape index (κ2) is 6.68. The summed E-state index contributed by atoms with van der Waals surface area (Å²) in [5, 5.41) is 9.71. The van der Waals surface area contributed by atoms with Crippen LogP contribution in [0.15, 0.2) is 24.3 Å². The number of hydrogen-bond donors (Lipinski definition) is 1. The molecule has 16 heavy (non-hydrogen) atoms. The van der Waals surface area contributed by atoms with Gasteiger partial charge in [-0.1, -0.05) is 45.9 Å². The summed E-state index contributed by atoms with van der Waals surface area (Å²) in [5.74, 6) is 1.13. The molecule has 0 aromatic heterocycles. The molecular weight excluding hydrogens is 207 g/mol. The molecule has 0 aliphatic rings. The first-order valence-corrected chi connectivity index (χ1v) is 5.67. The van der Waals surface area contributed by atoms with Crippen LogP contribution in [-0.2, 0) is 6.42 Å². The fourth-order valence-electron chi connectivity index (χ4n) is 2.35. The van der Waals surface area contributed by atoms with Crippen molar-refractivity contribution < 1.29 is 36.1 Å². The Labute approximate surface area is 123 Å². The van der Waals surface area contributed by atoms with Gasteiger partial charge < -0.3 is 6.53 Å². The summed E-state index contributed by atoms with van der Waals surface area (Å²) >= 11 is 0. The third-order valence-electron chi connectivity index (χ3n) is 2.62. The summed E-state index contributed by atoms with van der Waals surface area (Å²) in [7, 11) is 0. The second-order valence-electron chi connectivity index (χ2n) is 5.57. The SMILES string of the molecule is CC(C)CC(C)(C)Cc1ccccc1O.[H-].[Na+]. The van der Waals surface area contributed by atoms with Crippen molar-refractivity contribution in [1.82, 2.24) is 0 Å². The summed E-state index contributed by atoms with van der Waals surface area (Å²) in [6.07, 6.45) is 2.12. The van der Waals surface area contributed by atoms with E-state index in [0.29, 0.717) is 11.7 Å². The van der Waals surface area contributed by atoms with Crippen molar-refractivity contribution in [2.45, 2.75) is 40.5 Å². The van der Waals surface area contributed by atoms with Gasteiger partial charge in [0.2, 0.25) is 0 Å². The minimum atomic E-state index is 0. The summed E-state index contributed by atoms with van der Waals surface area (Å²) < 4.78 is 0. The Bertz CT molecular complexity index is 324. The standard InChI is InChI=1S/C14H22O.Na.H/c1-11(2)9-14(3,4)10-12-7-5-6-8-13(12)15;;/h5-8,11,15H,9-10H2,1-4H3;;/q;+1;-1. The van der Waals surface area contributed by atoms with Crippen LogP contribution in [0, 0.1) is 11.3 Å². The van der Waals surface area contributed by atoms with Gasteiger partial charge in [-0.2, -0.15) is 0 Å². The maximum Gasteiger partial charge on any atom is 1.00 e. The minimum Gasteiger partial charge on any atom is -1.00 e. The third kappa shape index (κ3) is 5.38. The Balaban J connectivity index is 0. The molecule has 1 N–H and O–H groups in total. The molecule has 0 unspecified atom stereocenters. The minimum absolute atomic E-state index is 0.